The van der Waals surface area contributed by atoms with Crippen molar-refractivity contribution in [1.29, 1.82) is 0 Å². The van der Waals surface area contributed by atoms with E-state index in [1.54, 1.807) is 4.90 Å². The highest BCUT2D eigenvalue weighted by Crippen LogP contribution is 2.05. The van der Waals surface area contributed by atoms with E-state index in [9.17, 15) is 4.79 Å². The molecule has 0 aliphatic carbocycles. The van der Waals surface area contributed by atoms with Crippen molar-refractivity contribution in [3.05, 3.63) is 0 Å². The Bertz CT molecular complexity index is 212. The summed E-state index contributed by atoms with van der Waals surface area (Å²) in [4.78, 5) is 15.9. The Morgan fingerprint density at radius 1 is 1.38 bits per heavy atom. The molecular weight excluding hydrogens is 202 g/mol. The van der Waals surface area contributed by atoms with Gasteiger partial charge in [0.1, 0.15) is 0 Å². The molecule has 4 nitrogen and oxygen atoms in total. The Hall–Kier alpha value is -0.610. The summed E-state index contributed by atoms with van der Waals surface area (Å²) >= 11 is 0. The summed E-state index contributed by atoms with van der Waals surface area (Å²) in [7, 11) is 1.86. The first-order valence-electron chi connectivity index (χ1n) is 6.30. The lowest BCUT2D eigenvalue weighted by Crippen LogP contribution is -2.41. The summed E-state index contributed by atoms with van der Waals surface area (Å²) in [5, 5.41) is 3.21. The molecule has 1 aliphatic rings. The number of likely N-dealkylation sites (N-methyl/N-ethyl adjacent to an activating group) is 1. The van der Waals surface area contributed by atoms with Gasteiger partial charge >= 0.3 is 0 Å². The quantitative estimate of drug-likeness (QED) is 0.673. The van der Waals surface area contributed by atoms with Gasteiger partial charge in [-0.1, -0.05) is 0 Å². The van der Waals surface area contributed by atoms with E-state index < -0.39 is 0 Å². The number of hydrogen-bond donors (Lipinski definition) is 1. The first-order chi connectivity index (χ1) is 7.61. The molecule has 0 aromatic carbocycles. The van der Waals surface area contributed by atoms with Gasteiger partial charge in [-0.2, -0.15) is 0 Å². The normalized spacial score (nSPS) is 17.0. The van der Waals surface area contributed by atoms with Gasteiger partial charge in [-0.3, -0.25) is 4.79 Å². The number of rotatable bonds is 6. The SMILES string of the molecule is CC(C)N(C)C(=O)CNCCN1CCCC1. The number of hydrogen-bond acceptors (Lipinski definition) is 3. The molecule has 0 spiro atoms. The van der Waals surface area contributed by atoms with Crippen LogP contribution in [0.1, 0.15) is 26.7 Å². The van der Waals surface area contributed by atoms with Gasteiger partial charge in [0.15, 0.2) is 0 Å². The van der Waals surface area contributed by atoms with Crippen LogP contribution in [-0.2, 0) is 4.79 Å². The van der Waals surface area contributed by atoms with Crippen LogP contribution in [0, 0.1) is 0 Å². The van der Waals surface area contributed by atoms with Crippen LogP contribution in [-0.4, -0.2) is 61.5 Å². The Morgan fingerprint density at radius 3 is 2.56 bits per heavy atom. The number of nitrogens with one attached hydrogen (secondary N) is 1. The molecule has 1 aliphatic heterocycles. The maximum atomic E-state index is 11.6. The first-order valence-corrected chi connectivity index (χ1v) is 6.30. The molecule has 0 unspecified atom stereocenters. The molecule has 1 fully saturated rings. The van der Waals surface area contributed by atoms with Crippen LogP contribution in [0.5, 0.6) is 0 Å². The van der Waals surface area contributed by atoms with Crippen LogP contribution in [0.25, 0.3) is 0 Å². The predicted octanol–water partition coefficient (Wildman–Crippen LogP) is 0.539. The molecule has 0 saturated carbocycles. The summed E-state index contributed by atoms with van der Waals surface area (Å²) < 4.78 is 0. The zero-order chi connectivity index (χ0) is 12.0. The minimum Gasteiger partial charge on any atom is -0.342 e. The van der Waals surface area contributed by atoms with Gasteiger partial charge in [-0.15, -0.1) is 0 Å². The lowest BCUT2D eigenvalue weighted by atomic mass is 10.3. The molecule has 0 aromatic rings. The summed E-state index contributed by atoms with van der Waals surface area (Å²) in [6.07, 6.45) is 2.66. The second kappa shape index (κ2) is 6.86. The second-order valence-electron chi connectivity index (χ2n) is 4.82. The molecule has 1 N–H and O–H groups in total. The fourth-order valence-corrected chi connectivity index (χ4v) is 1.85. The number of carbonyl (C=O) groups is 1. The highest BCUT2D eigenvalue weighted by atomic mass is 16.2. The van der Waals surface area contributed by atoms with Crippen molar-refractivity contribution in [3.8, 4) is 0 Å². The van der Waals surface area contributed by atoms with Crippen molar-refractivity contribution < 1.29 is 4.79 Å². The molecule has 94 valence electrons. The smallest absolute Gasteiger partial charge is 0.236 e. The average Bonchev–Trinajstić information content (AvgIpc) is 2.75. The number of amides is 1. The van der Waals surface area contributed by atoms with Gasteiger partial charge < -0.3 is 15.1 Å². The molecule has 4 heteroatoms. The van der Waals surface area contributed by atoms with Crippen molar-refractivity contribution in [2.24, 2.45) is 0 Å². The van der Waals surface area contributed by atoms with E-state index in [1.165, 1.54) is 25.9 Å². The Labute approximate surface area is 99.0 Å². The van der Waals surface area contributed by atoms with Crippen LogP contribution in [0.3, 0.4) is 0 Å². The van der Waals surface area contributed by atoms with E-state index in [0.29, 0.717) is 6.54 Å². The highest BCUT2D eigenvalue weighted by molar-refractivity contribution is 5.78. The second-order valence-corrected chi connectivity index (χ2v) is 4.82. The number of nitrogens with zero attached hydrogens (tertiary/aromatic N) is 2. The third kappa shape index (κ3) is 4.49. The van der Waals surface area contributed by atoms with E-state index in [-0.39, 0.29) is 11.9 Å². The van der Waals surface area contributed by atoms with E-state index >= 15 is 0 Å². The van der Waals surface area contributed by atoms with Crippen LogP contribution in [0.2, 0.25) is 0 Å². The number of likely N-dealkylation sites (tertiary alicyclic amines) is 1. The van der Waals surface area contributed by atoms with Gasteiger partial charge in [0.25, 0.3) is 0 Å². The summed E-state index contributed by atoms with van der Waals surface area (Å²) in [5.41, 5.74) is 0. The summed E-state index contributed by atoms with van der Waals surface area (Å²) in [6.45, 7) is 8.95. The van der Waals surface area contributed by atoms with Gasteiger partial charge in [0.05, 0.1) is 6.54 Å². The molecule has 1 saturated heterocycles. The fourth-order valence-electron chi connectivity index (χ4n) is 1.85. The standard InChI is InChI=1S/C12H25N3O/c1-11(2)14(3)12(16)10-13-6-9-15-7-4-5-8-15/h11,13H,4-10H2,1-3H3. The maximum Gasteiger partial charge on any atom is 0.236 e. The van der Waals surface area contributed by atoms with Crippen molar-refractivity contribution in [1.82, 2.24) is 15.1 Å². The molecule has 1 heterocycles. The van der Waals surface area contributed by atoms with E-state index in [4.69, 9.17) is 0 Å². The van der Waals surface area contributed by atoms with E-state index in [2.05, 4.69) is 10.2 Å². The molecule has 0 aromatic heterocycles. The fraction of sp³-hybridized carbons (Fsp3) is 0.917. The molecule has 0 bridgehead atoms. The third-order valence-electron chi connectivity index (χ3n) is 3.25. The Balaban J connectivity index is 2.03. The predicted molar refractivity (Wildman–Crippen MR) is 66.4 cm³/mol. The van der Waals surface area contributed by atoms with Gasteiger partial charge in [0.2, 0.25) is 5.91 Å². The molecular formula is C12H25N3O. The van der Waals surface area contributed by atoms with Gasteiger partial charge in [-0.05, 0) is 39.8 Å². The zero-order valence-corrected chi connectivity index (χ0v) is 10.8. The topological polar surface area (TPSA) is 35.6 Å². The average molecular weight is 227 g/mol. The van der Waals surface area contributed by atoms with Crippen LogP contribution in [0.4, 0.5) is 0 Å². The number of carbonyl (C=O) groups excluding carboxylic acids is 1. The Morgan fingerprint density at radius 2 is 2.00 bits per heavy atom. The lowest BCUT2D eigenvalue weighted by molar-refractivity contribution is -0.130. The van der Waals surface area contributed by atoms with Crippen LogP contribution in [0.15, 0.2) is 0 Å². The Kier molecular flexibility index (Phi) is 5.77. The zero-order valence-electron chi connectivity index (χ0n) is 10.8. The largest absolute Gasteiger partial charge is 0.342 e. The van der Waals surface area contributed by atoms with Crippen molar-refractivity contribution in [3.63, 3.8) is 0 Å². The molecule has 1 rings (SSSR count). The highest BCUT2D eigenvalue weighted by Gasteiger charge is 2.12. The van der Waals surface area contributed by atoms with E-state index in [0.717, 1.165) is 13.1 Å². The monoisotopic (exact) mass is 227 g/mol. The van der Waals surface area contributed by atoms with Gasteiger partial charge in [-0.25, -0.2) is 0 Å². The summed E-state index contributed by atoms with van der Waals surface area (Å²) in [6, 6.07) is 0.285. The van der Waals surface area contributed by atoms with Gasteiger partial charge in [0, 0.05) is 26.2 Å². The maximum absolute atomic E-state index is 11.6. The van der Waals surface area contributed by atoms with Crippen molar-refractivity contribution >= 4 is 5.91 Å². The lowest BCUT2D eigenvalue weighted by Gasteiger charge is -2.22. The minimum atomic E-state index is 0.177. The van der Waals surface area contributed by atoms with Crippen molar-refractivity contribution in [2.45, 2.75) is 32.7 Å². The molecule has 0 atom stereocenters. The van der Waals surface area contributed by atoms with E-state index in [1.807, 2.05) is 20.9 Å². The minimum absolute atomic E-state index is 0.177. The van der Waals surface area contributed by atoms with Crippen LogP contribution < -0.4 is 5.32 Å². The molecule has 0 radical (unpaired) electrons. The van der Waals surface area contributed by atoms with Crippen molar-refractivity contribution in [2.75, 3.05) is 39.8 Å². The third-order valence-corrected chi connectivity index (χ3v) is 3.25. The van der Waals surface area contributed by atoms with Crippen LogP contribution >= 0.6 is 0 Å². The molecule has 1 amide bonds. The summed E-state index contributed by atoms with van der Waals surface area (Å²) in [5.74, 6) is 0.177. The molecule has 16 heavy (non-hydrogen) atoms. The first kappa shape index (κ1) is 13.5.